The predicted molar refractivity (Wildman–Crippen MR) is 67.8 cm³/mol. The first-order valence-electron chi connectivity index (χ1n) is 5.70. The zero-order chi connectivity index (χ0) is 12.3. The molecule has 1 heterocycles. The highest BCUT2D eigenvalue weighted by atomic mass is 15.4. The Labute approximate surface area is 97.0 Å². The lowest BCUT2D eigenvalue weighted by Gasteiger charge is -2.33. The van der Waals surface area contributed by atoms with Crippen LogP contribution in [0.3, 0.4) is 0 Å². The Hall–Kier alpha value is -1.23. The molecule has 0 radical (unpaired) electrons. The van der Waals surface area contributed by atoms with Gasteiger partial charge in [-0.2, -0.15) is 5.10 Å². The summed E-state index contributed by atoms with van der Waals surface area (Å²) in [4.78, 5) is 0. The van der Waals surface area contributed by atoms with Gasteiger partial charge in [0.1, 0.15) is 5.82 Å². The molecular weight excluding hydrogens is 202 g/mol. The van der Waals surface area contributed by atoms with Crippen LogP contribution in [0.25, 0.3) is 0 Å². The monoisotopic (exact) mass is 225 g/mol. The van der Waals surface area contributed by atoms with Crippen molar-refractivity contribution in [2.45, 2.75) is 39.2 Å². The Kier molecular flexibility index (Phi) is 3.80. The highest BCUT2D eigenvalue weighted by molar-refractivity contribution is 5.57. The second-order valence-electron chi connectivity index (χ2n) is 4.88. The lowest BCUT2D eigenvalue weighted by atomic mass is 9.85. The molecule has 1 atom stereocenters. The Morgan fingerprint density at radius 3 is 2.50 bits per heavy atom. The standard InChI is InChI=1S/C11H23N5/c1-8(5-4-6-12)11(2,3)16-10(14)9(13)7-15-16/h7-8H,4-6,12-14H2,1-3H3. The summed E-state index contributed by atoms with van der Waals surface area (Å²) in [5.41, 5.74) is 17.5. The third-order valence-electron chi connectivity index (χ3n) is 3.43. The maximum Gasteiger partial charge on any atom is 0.145 e. The van der Waals surface area contributed by atoms with E-state index in [4.69, 9.17) is 17.2 Å². The Morgan fingerprint density at radius 1 is 1.44 bits per heavy atom. The van der Waals surface area contributed by atoms with Crippen LogP contribution in [0.2, 0.25) is 0 Å². The average molecular weight is 225 g/mol. The molecule has 0 saturated heterocycles. The number of hydrogen-bond donors (Lipinski definition) is 3. The summed E-state index contributed by atoms with van der Waals surface area (Å²) in [6, 6.07) is 0. The molecule has 0 bridgehead atoms. The molecule has 1 unspecified atom stereocenters. The van der Waals surface area contributed by atoms with Gasteiger partial charge >= 0.3 is 0 Å². The average Bonchev–Trinajstić information content (AvgIpc) is 2.56. The summed E-state index contributed by atoms with van der Waals surface area (Å²) in [5.74, 6) is 0.988. The molecule has 5 nitrogen and oxygen atoms in total. The second kappa shape index (κ2) is 4.74. The number of rotatable bonds is 5. The number of hydrogen-bond acceptors (Lipinski definition) is 4. The van der Waals surface area contributed by atoms with Gasteiger partial charge in [-0.15, -0.1) is 0 Å². The van der Waals surface area contributed by atoms with Crippen molar-refractivity contribution < 1.29 is 0 Å². The van der Waals surface area contributed by atoms with E-state index in [9.17, 15) is 0 Å². The Morgan fingerprint density at radius 2 is 2.06 bits per heavy atom. The van der Waals surface area contributed by atoms with Crippen LogP contribution < -0.4 is 17.2 Å². The van der Waals surface area contributed by atoms with Gasteiger partial charge in [-0.1, -0.05) is 6.92 Å². The van der Waals surface area contributed by atoms with Crippen molar-refractivity contribution in [2.75, 3.05) is 18.0 Å². The van der Waals surface area contributed by atoms with E-state index in [2.05, 4.69) is 25.9 Å². The highest BCUT2D eigenvalue weighted by Gasteiger charge is 2.30. The molecule has 6 N–H and O–H groups in total. The second-order valence-corrected chi connectivity index (χ2v) is 4.88. The Balaban J connectivity index is 2.88. The fourth-order valence-corrected chi connectivity index (χ4v) is 1.82. The van der Waals surface area contributed by atoms with Crippen LogP contribution in [0.4, 0.5) is 11.5 Å². The van der Waals surface area contributed by atoms with Gasteiger partial charge in [0.2, 0.25) is 0 Å². The van der Waals surface area contributed by atoms with Crippen molar-refractivity contribution in [1.29, 1.82) is 0 Å². The van der Waals surface area contributed by atoms with Crippen LogP contribution in [0.1, 0.15) is 33.6 Å². The van der Waals surface area contributed by atoms with E-state index >= 15 is 0 Å². The summed E-state index contributed by atoms with van der Waals surface area (Å²) >= 11 is 0. The van der Waals surface area contributed by atoms with Crippen molar-refractivity contribution in [1.82, 2.24) is 9.78 Å². The zero-order valence-electron chi connectivity index (χ0n) is 10.4. The normalized spacial score (nSPS) is 14.0. The first kappa shape index (κ1) is 12.8. The summed E-state index contributed by atoms with van der Waals surface area (Å²) in [5, 5.41) is 4.25. The van der Waals surface area contributed by atoms with Gasteiger partial charge in [0, 0.05) is 0 Å². The molecule has 5 heteroatoms. The van der Waals surface area contributed by atoms with Gasteiger partial charge in [-0.3, -0.25) is 0 Å². The fourth-order valence-electron chi connectivity index (χ4n) is 1.82. The largest absolute Gasteiger partial charge is 0.394 e. The minimum Gasteiger partial charge on any atom is -0.394 e. The lowest BCUT2D eigenvalue weighted by molar-refractivity contribution is 0.200. The topological polar surface area (TPSA) is 95.9 Å². The summed E-state index contributed by atoms with van der Waals surface area (Å²) < 4.78 is 1.81. The third kappa shape index (κ3) is 2.29. The zero-order valence-corrected chi connectivity index (χ0v) is 10.4. The van der Waals surface area contributed by atoms with E-state index in [1.54, 1.807) is 6.20 Å². The molecule has 1 aromatic heterocycles. The maximum absolute atomic E-state index is 5.91. The van der Waals surface area contributed by atoms with E-state index in [-0.39, 0.29) is 5.54 Å². The van der Waals surface area contributed by atoms with Crippen molar-refractivity contribution in [2.24, 2.45) is 11.7 Å². The highest BCUT2D eigenvalue weighted by Crippen LogP contribution is 2.32. The van der Waals surface area contributed by atoms with E-state index < -0.39 is 0 Å². The van der Waals surface area contributed by atoms with Crippen molar-refractivity contribution >= 4 is 11.5 Å². The summed E-state index contributed by atoms with van der Waals surface area (Å²) in [6.07, 6.45) is 3.68. The number of nitrogens with two attached hydrogens (primary N) is 3. The first-order chi connectivity index (χ1) is 7.41. The van der Waals surface area contributed by atoms with Crippen molar-refractivity contribution in [3.63, 3.8) is 0 Å². The van der Waals surface area contributed by atoms with Crippen LogP contribution in [0.15, 0.2) is 6.20 Å². The molecule has 0 aliphatic carbocycles. The van der Waals surface area contributed by atoms with E-state index in [1.807, 2.05) is 4.68 Å². The molecule has 0 amide bonds. The van der Waals surface area contributed by atoms with Gasteiger partial charge in [-0.25, -0.2) is 4.68 Å². The summed E-state index contributed by atoms with van der Waals surface area (Å²) in [7, 11) is 0. The van der Waals surface area contributed by atoms with E-state index in [1.165, 1.54) is 0 Å². The molecule has 0 spiro atoms. The number of aromatic nitrogens is 2. The van der Waals surface area contributed by atoms with E-state index in [0.717, 1.165) is 19.4 Å². The van der Waals surface area contributed by atoms with Crippen LogP contribution >= 0.6 is 0 Å². The van der Waals surface area contributed by atoms with Gasteiger partial charge in [0.15, 0.2) is 0 Å². The number of nitrogen functional groups attached to an aromatic ring is 2. The first-order valence-corrected chi connectivity index (χ1v) is 5.70. The quantitative estimate of drug-likeness (QED) is 0.700. The van der Waals surface area contributed by atoms with Crippen molar-refractivity contribution in [3.8, 4) is 0 Å². The maximum atomic E-state index is 5.91. The third-order valence-corrected chi connectivity index (χ3v) is 3.43. The van der Waals surface area contributed by atoms with Crippen LogP contribution in [0, 0.1) is 5.92 Å². The van der Waals surface area contributed by atoms with Crippen molar-refractivity contribution in [3.05, 3.63) is 6.20 Å². The molecule has 0 aromatic carbocycles. The van der Waals surface area contributed by atoms with Gasteiger partial charge < -0.3 is 17.2 Å². The van der Waals surface area contributed by atoms with Gasteiger partial charge in [0.25, 0.3) is 0 Å². The number of nitrogens with zero attached hydrogens (tertiary/aromatic N) is 2. The van der Waals surface area contributed by atoms with Crippen LogP contribution in [-0.4, -0.2) is 16.3 Å². The molecule has 0 aliphatic rings. The smallest absolute Gasteiger partial charge is 0.145 e. The molecule has 0 saturated carbocycles. The van der Waals surface area contributed by atoms with Gasteiger partial charge in [0.05, 0.1) is 17.4 Å². The minimum atomic E-state index is -0.142. The fraction of sp³-hybridized carbons (Fsp3) is 0.727. The summed E-state index contributed by atoms with van der Waals surface area (Å²) in [6.45, 7) is 7.15. The molecule has 1 aromatic rings. The predicted octanol–water partition coefficient (Wildman–Crippen LogP) is 1.16. The van der Waals surface area contributed by atoms with E-state index in [0.29, 0.717) is 17.4 Å². The molecule has 1 rings (SSSR count). The molecule has 92 valence electrons. The van der Waals surface area contributed by atoms with Gasteiger partial charge in [-0.05, 0) is 39.2 Å². The van der Waals surface area contributed by atoms with Crippen LogP contribution in [0.5, 0.6) is 0 Å². The minimum absolute atomic E-state index is 0.142. The lowest BCUT2D eigenvalue weighted by Crippen LogP contribution is -2.36. The van der Waals surface area contributed by atoms with Crippen LogP contribution in [-0.2, 0) is 5.54 Å². The molecule has 16 heavy (non-hydrogen) atoms. The molecular formula is C11H23N5. The SMILES string of the molecule is CC(CCCN)C(C)(C)n1ncc(N)c1N. The molecule has 0 aliphatic heterocycles. The Bertz CT molecular complexity index is 342. The number of anilines is 2. The molecule has 0 fully saturated rings.